The maximum Gasteiger partial charge on any atom is 0.336 e. The SMILES string of the molecule is Cc1ccc(OCc2cc(=O)oc3ccc4ccccc4c23)c([N+](=O)[O-])c1. The number of hydrogen-bond donors (Lipinski definition) is 0. The molecule has 0 amide bonds. The molecule has 0 radical (unpaired) electrons. The fourth-order valence-corrected chi connectivity index (χ4v) is 3.18. The summed E-state index contributed by atoms with van der Waals surface area (Å²) in [6.07, 6.45) is 0. The molecule has 0 saturated heterocycles. The Kier molecular flexibility index (Phi) is 4.08. The van der Waals surface area contributed by atoms with E-state index in [1.807, 2.05) is 30.3 Å². The molecule has 0 atom stereocenters. The quantitative estimate of drug-likeness (QED) is 0.227. The Morgan fingerprint density at radius 1 is 1.07 bits per heavy atom. The Hall–Kier alpha value is -3.67. The van der Waals surface area contributed by atoms with Gasteiger partial charge in [-0.25, -0.2) is 4.79 Å². The Balaban J connectivity index is 1.82. The molecule has 4 aromatic rings. The largest absolute Gasteiger partial charge is 0.482 e. The molecule has 6 nitrogen and oxygen atoms in total. The molecule has 0 saturated carbocycles. The van der Waals surface area contributed by atoms with E-state index in [0.29, 0.717) is 11.1 Å². The lowest BCUT2D eigenvalue weighted by molar-refractivity contribution is -0.386. The molecular formula is C21H15NO5. The van der Waals surface area contributed by atoms with E-state index in [0.717, 1.165) is 21.7 Å². The zero-order valence-corrected chi connectivity index (χ0v) is 14.5. The van der Waals surface area contributed by atoms with Crippen molar-refractivity contribution >= 4 is 27.4 Å². The van der Waals surface area contributed by atoms with Crippen molar-refractivity contribution < 1.29 is 14.1 Å². The van der Waals surface area contributed by atoms with Gasteiger partial charge in [0.15, 0.2) is 5.75 Å². The van der Waals surface area contributed by atoms with Crippen LogP contribution in [0.15, 0.2) is 69.9 Å². The summed E-state index contributed by atoms with van der Waals surface area (Å²) < 4.78 is 11.1. The minimum atomic E-state index is -0.491. The number of aryl methyl sites for hydroxylation is 1. The Morgan fingerprint density at radius 2 is 1.89 bits per heavy atom. The molecule has 0 fully saturated rings. The summed E-state index contributed by atoms with van der Waals surface area (Å²) in [5, 5.41) is 14.0. The van der Waals surface area contributed by atoms with Crippen LogP contribution in [0.25, 0.3) is 21.7 Å². The van der Waals surface area contributed by atoms with Crippen molar-refractivity contribution in [1.82, 2.24) is 0 Å². The first-order valence-corrected chi connectivity index (χ1v) is 8.35. The Bertz CT molecular complexity index is 1240. The highest BCUT2D eigenvalue weighted by Crippen LogP contribution is 2.31. The van der Waals surface area contributed by atoms with E-state index in [1.54, 1.807) is 25.1 Å². The van der Waals surface area contributed by atoms with Crippen molar-refractivity contribution in [3.8, 4) is 5.75 Å². The maximum absolute atomic E-state index is 11.9. The summed E-state index contributed by atoms with van der Waals surface area (Å²) in [7, 11) is 0. The second kappa shape index (κ2) is 6.57. The minimum absolute atomic E-state index is 0.0139. The summed E-state index contributed by atoms with van der Waals surface area (Å²) >= 11 is 0. The highest BCUT2D eigenvalue weighted by Gasteiger charge is 2.16. The predicted molar refractivity (Wildman–Crippen MR) is 102 cm³/mol. The normalized spacial score (nSPS) is 11.0. The number of rotatable bonds is 4. The van der Waals surface area contributed by atoms with Crippen LogP contribution in [0.5, 0.6) is 5.75 Å². The zero-order chi connectivity index (χ0) is 19.0. The fraction of sp³-hybridized carbons (Fsp3) is 0.0952. The molecule has 0 bridgehead atoms. The van der Waals surface area contributed by atoms with E-state index in [2.05, 4.69) is 0 Å². The van der Waals surface area contributed by atoms with Gasteiger partial charge in [-0.2, -0.15) is 0 Å². The van der Waals surface area contributed by atoms with Crippen LogP contribution < -0.4 is 10.4 Å². The molecule has 3 aromatic carbocycles. The van der Waals surface area contributed by atoms with Crippen LogP contribution in [-0.2, 0) is 6.61 Å². The van der Waals surface area contributed by atoms with Crippen molar-refractivity contribution in [3.05, 3.63) is 92.3 Å². The van der Waals surface area contributed by atoms with Gasteiger partial charge in [0.1, 0.15) is 12.2 Å². The van der Waals surface area contributed by atoms with Crippen LogP contribution in [0, 0.1) is 17.0 Å². The van der Waals surface area contributed by atoms with Crippen molar-refractivity contribution in [2.24, 2.45) is 0 Å². The molecule has 0 aliphatic carbocycles. The molecule has 0 aliphatic heterocycles. The van der Waals surface area contributed by atoms with Crippen LogP contribution in [0.2, 0.25) is 0 Å². The molecule has 134 valence electrons. The second-order valence-electron chi connectivity index (χ2n) is 6.27. The lowest BCUT2D eigenvalue weighted by atomic mass is 10.0. The van der Waals surface area contributed by atoms with Crippen LogP contribution in [0.3, 0.4) is 0 Å². The summed E-state index contributed by atoms with van der Waals surface area (Å²) in [6.45, 7) is 1.79. The van der Waals surface area contributed by atoms with E-state index < -0.39 is 10.5 Å². The van der Waals surface area contributed by atoms with E-state index in [4.69, 9.17) is 9.15 Å². The number of nitro benzene ring substituents is 1. The van der Waals surface area contributed by atoms with Gasteiger partial charge in [-0.1, -0.05) is 36.4 Å². The van der Waals surface area contributed by atoms with Gasteiger partial charge in [0, 0.05) is 23.1 Å². The van der Waals surface area contributed by atoms with E-state index in [1.165, 1.54) is 12.1 Å². The average Bonchev–Trinajstić information content (AvgIpc) is 2.66. The topological polar surface area (TPSA) is 82.6 Å². The third kappa shape index (κ3) is 3.13. The van der Waals surface area contributed by atoms with E-state index in [9.17, 15) is 14.9 Å². The van der Waals surface area contributed by atoms with Crippen molar-refractivity contribution in [2.45, 2.75) is 13.5 Å². The molecule has 1 heterocycles. The molecule has 4 rings (SSSR count). The number of ether oxygens (including phenoxy) is 1. The fourth-order valence-electron chi connectivity index (χ4n) is 3.18. The molecule has 0 spiro atoms. The van der Waals surface area contributed by atoms with Gasteiger partial charge in [-0.3, -0.25) is 10.1 Å². The number of nitrogens with zero attached hydrogens (tertiary/aromatic N) is 1. The third-order valence-electron chi connectivity index (χ3n) is 4.41. The van der Waals surface area contributed by atoms with Crippen molar-refractivity contribution in [2.75, 3.05) is 0 Å². The standard InChI is InChI=1S/C21H15NO5/c1-13-6-8-18(17(10-13)22(24)25)26-12-15-11-20(23)27-19-9-7-14-4-2-3-5-16(14)21(15)19/h2-11H,12H2,1H3. The third-order valence-corrected chi connectivity index (χ3v) is 4.41. The summed E-state index contributed by atoms with van der Waals surface area (Å²) in [4.78, 5) is 22.8. The first-order chi connectivity index (χ1) is 13.0. The lowest BCUT2D eigenvalue weighted by Gasteiger charge is -2.11. The number of hydrogen-bond acceptors (Lipinski definition) is 5. The van der Waals surface area contributed by atoms with Gasteiger partial charge in [-0.05, 0) is 35.4 Å². The van der Waals surface area contributed by atoms with Crippen LogP contribution >= 0.6 is 0 Å². The van der Waals surface area contributed by atoms with Crippen LogP contribution in [0.4, 0.5) is 5.69 Å². The highest BCUT2D eigenvalue weighted by atomic mass is 16.6. The van der Waals surface area contributed by atoms with Gasteiger partial charge >= 0.3 is 11.3 Å². The maximum atomic E-state index is 11.9. The van der Waals surface area contributed by atoms with Crippen molar-refractivity contribution in [3.63, 3.8) is 0 Å². The molecule has 0 aliphatic rings. The van der Waals surface area contributed by atoms with Gasteiger partial charge in [0.05, 0.1) is 4.92 Å². The molecule has 27 heavy (non-hydrogen) atoms. The Labute approximate surface area is 153 Å². The summed E-state index contributed by atoms with van der Waals surface area (Å²) in [6, 6.07) is 17.5. The van der Waals surface area contributed by atoms with Gasteiger partial charge in [-0.15, -0.1) is 0 Å². The molecule has 0 unspecified atom stereocenters. The molecule has 1 aromatic heterocycles. The highest BCUT2D eigenvalue weighted by molar-refractivity contribution is 6.07. The number of benzene rings is 3. The first kappa shape index (κ1) is 16.8. The van der Waals surface area contributed by atoms with Gasteiger partial charge in [0.2, 0.25) is 0 Å². The Morgan fingerprint density at radius 3 is 2.70 bits per heavy atom. The summed E-state index contributed by atoms with van der Waals surface area (Å²) in [5.74, 6) is 0.159. The minimum Gasteiger partial charge on any atom is -0.482 e. The van der Waals surface area contributed by atoms with Crippen molar-refractivity contribution in [1.29, 1.82) is 0 Å². The van der Waals surface area contributed by atoms with E-state index >= 15 is 0 Å². The number of nitro groups is 1. The second-order valence-corrected chi connectivity index (χ2v) is 6.27. The van der Waals surface area contributed by atoms with Gasteiger partial charge < -0.3 is 9.15 Å². The van der Waals surface area contributed by atoms with Gasteiger partial charge in [0.25, 0.3) is 0 Å². The summed E-state index contributed by atoms with van der Waals surface area (Å²) in [5.41, 5.74) is 1.25. The average molecular weight is 361 g/mol. The smallest absolute Gasteiger partial charge is 0.336 e. The van der Waals surface area contributed by atoms with E-state index in [-0.39, 0.29) is 18.0 Å². The van der Waals surface area contributed by atoms with Crippen LogP contribution in [0.1, 0.15) is 11.1 Å². The monoisotopic (exact) mass is 361 g/mol. The predicted octanol–water partition coefficient (Wildman–Crippen LogP) is 4.74. The number of fused-ring (bicyclic) bond motifs is 3. The van der Waals surface area contributed by atoms with Crippen LogP contribution in [-0.4, -0.2) is 4.92 Å². The first-order valence-electron chi connectivity index (χ1n) is 8.35. The molecule has 6 heteroatoms. The molecule has 0 N–H and O–H groups in total. The molecular weight excluding hydrogens is 346 g/mol. The lowest BCUT2D eigenvalue weighted by Crippen LogP contribution is -2.05. The zero-order valence-electron chi connectivity index (χ0n) is 14.5.